The molecule has 1 amide bonds. The number of carbonyl (C=O) groups excluding carboxylic acids is 1. The Hall–Kier alpha value is -3.25. The SMILES string of the molecule is Cc1nn(Cc2cccnc2)c2ncc(C(=O)Nc3ccc(C(C)C)cc3)c(Cl)c12. The van der Waals surface area contributed by atoms with Gasteiger partial charge in [0.05, 0.1) is 28.2 Å². The van der Waals surface area contributed by atoms with Gasteiger partial charge in [-0.3, -0.25) is 9.78 Å². The van der Waals surface area contributed by atoms with Gasteiger partial charge in [0, 0.05) is 24.3 Å². The van der Waals surface area contributed by atoms with Crippen LogP contribution in [0.2, 0.25) is 5.02 Å². The maximum Gasteiger partial charge on any atom is 0.258 e. The van der Waals surface area contributed by atoms with Crippen LogP contribution in [0.3, 0.4) is 0 Å². The Bertz CT molecular complexity index is 1200. The molecule has 1 N–H and O–H groups in total. The van der Waals surface area contributed by atoms with E-state index in [1.54, 1.807) is 17.1 Å². The fourth-order valence-corrected chi connectivity index (χ4v) is 3.71. The molecule has 0 unspecified atom stereocenters. The van der Waals surface area contributed by atoms with Gasteiger partial charge >= 0.3 is 0 Å². The van der Waals surface area contributed by atoms with Gasteiger partial charge in [-0.25, -0.2) is 9.67 Å². The maximum absolute atomic E-state index is 12.8. The lowest BCUT2D eigenvalue weighted by Crippen LogP contribution is -2.13. The third-order valence-electron chi connectivity index (χ3n) is 5.01. The van der Waals surface area contributed by atoms with E-state index in [1.807, 2.05) is 43.3 Å². The summed E-state index contributed by atoms with van der Waals surface area (Å²) in [6.07, 6.45) is 5.02. The van der Waals surface area contributed by atoms with Gasteiger partial charge in [0.15, 0.2) is 5.65 Å². The summed E-state index contributed by atoms with van der Waals surface area (Å²) in [5, 5.41) is 8.50. The van der Waals surface area contributed by atoms with Crippen molar-refractivity contribution in [1.29, 1.82) is 0 Å². The number of rotatable bonds is 5. The van der Waals surface area contributed by atoms with Gasteiger partial charge in [0.25, 0.3) is 5.91 Å². The lowest BCUT2D eigenvalue weighted by atomic mass is 10.0. The first kappa shape index (κ1) is 20.0. The highest BCUT2D eigenvalue weighted by Crippen LogP contribution is 2.29. The highest BCUT2D eigenvalue weighted by atomic mass is 35.5. The van der Waals surface area contributed by atoms with Crippen molar-refractivity contribution in [1.82, 2.24) is 19.7 Å². The van der Waals surface area contributed by atoms with E-state index in [-0.39, 0.29) is 5.91 Å². The number of aryl methyl sites for hydroxylation is 1. The predicted octanol–water partition coefficient (Wildman–Crippen LogP) is 5.21. The zero-order chi connectivity index (χ0) is 21.3. The highest BCUT2D eigenvalue weighted by Gasteiger charge is 2.19. The molecule has 0 radical (unpaired) electrons. The summed E-state index contributed by atoms with van der Waals surface area (Å²) in [5.41, 5.74) is 4.62. The lowest BCUT2D eigenvalue weighted by Gasteiger charge is -2.10. The minimum absolute atomic E-state index is 0.300. The molecule has 3 heterocycles. The van der Waals surface area contributed by atoms with E-state index < -0.39 is 0 Å². The number of nitrogens with zero attached hydrogens (tertiary/aromatic N) is 4. The molecule has 0 saturated heterocycles. The van der Waals surface area contributed by atoms with Crippen molar-refractivity contribution in [3.63, 3.8) is 0 Å². The minimum Gasteiger partial charge on any atom is -0.322 e. The number of benzene rings is 1. The van der Waals surface area contributed by atoms with Crippen LogP contribution in [0.25, 0.3) is 11.0 Å². The molecule has 0 aliphatic rings. The van der Waals surface area contributed by atoms with Gasteiger partial charge in [0.2, 0.25) is 0 Å². The Labute approximate surface area is 179 Å². The molecule has 0 aliphatic carbocycles. The molecule has 3 aromatic heterocycles. The van der Waals surface area contributed by atoms with E-state index in [1.165, 1.54) is 11.8 Å². The molecule has 4 rings (SSSR count). The van der Waals surface area contributed by atoms with Crippen LogP contribution in [-0.2, 0) is 6.54 Å². The van der Waals surface area contributed by atoms with Crippen LogP contribution >= 0.6 is 11.6 Å². The van der Waals surface area contributed by atoms with E-state index in [0.717, 1.165) is 11.3 Å². The molecule has 152 valence electrons. The summed E-state index contributed by atoms with van der Waals surface area (Å²) in [7, 11) is 0. The standard InChI is InChI=1S/C23H22ClN5O/c1-14(2)17-6-8-18(9-7-17)27-23(30)19-12-26-22-20(21(19)24)15(3)28-29(22)13-16-5-4-10-25-11-16/h4-12,14H,13H2,1-3H3,(H,27,30). The van der Waals surface area contributed by atoms with Crippen molar-refractivity contribution in [3.05, 3.63) is 82.4 Å². The van der Waals surface area contributed by atoms with Crippen LogP contribution in [0.1, 0.15) is 46.9 Å². The number of amides is 1. The van der Waals surface area contributed by atoms with E-state index in [4.69, 9.17) is 11.6 Å². The molecule has 30 heavy (non-hydrogen) atoms. The second-order valence-electron chi connectivity index (χ2n) is 7.52. The van der Waals surface area contributed by atoms with Crippen molar-refractivity contribution in [2.75, 3.05) is 5.32 Å². The average Bonchev–Trinajstić information content (AvgIpc) is 3.05. The van der Waals surface area contributed by atoms with Crippen LogP contribution in [0.15, 0.2) is 55.0 Å². The van der Waals surface area contributed by atoms with Gasteiger partial charge in [-0.15, -0.1) is 0 Å². The first-order valence-electron chi connectivity index (χ1n) is 9.76. The largest absolute Gasteiger partial charge is 0.322 e. The molecule has 7 heteroatoms. The van der Waals surface area contributed by atoms with E-state index in [2.05, 4.69) is 34.2 Å². The quantitative estimate of drug-likeness (QED) is 0.481. The van der Waals surface area contributed by atoms with E-state index >= 15 is 0 Å². The molecule has 0 saturated carbocycles. The molecule has 0 bridgehead atoms. The topological polar surface area (TPSA) is 72.7 Å². The van der Waals surface area contributed by atoms with Crippen LogP contribution in [-0.4, -0.2) is 25.7 Å². The summed E-state index contributed by atoms with van der Waals surface area (Å²) in [4.78, 5) is 21.5. The van der Waals surface area contributed by atoms with E-state index in [0.29, 0.717) is 39.8 Å². The molecule has 6 nitrogen and oxygen atoms in total. The van der Waals surface area contributed by atoms with Gasteiger partial charge in [0.1, 0.15) is 0 Å². The Kier molecular flexibility index (Phi) is 5.50. The average molecular weight is 420 g/mol. The number of fused-ring (bicyclic) bond motifs is 1. The lowest BCUT2D eigenvalue weighted by molar-refractivity contribution is 0.102. The fraction of sp³-hybridized carbons (Fsp3) is 0.217. The molecule has 1 aromatic carbocycles. The van der Waals surface area contributed by atoms with Crippen LogP contribution in [0.5, 0.6) is 0 Å². The van der Waals surface area contributed by atoms with Gasteiger partial charge < -0.3 is 5.32 Å². The minimum atomic E-state index is -0.300. The normalized spacial score (nSPS) is 11.2. The molecule has 4 aromatic rings. The second kappa shape index (κ2) is 8.24. The Balaban J connectivity index is 1.63. The monoisotopic (exact) mass is 419 g/mol. The van der Waals surface area contributed by atoms with Gasteiger partial charge in [-0.1, -0.05) is 43.6 Å². The van der Waals surface area contributed by atoms with Crippen molar-refractivity contribution >= 4 is 34.2 Å². The van der Waals surface area contributed by atoms with Crippen molar-refractivity contribution in [2.24, 2.45) is 0 Å². The fourth-order valence-electron chi connectivity index (χ4n) is 3.36. The molecular formula is C23H22ClN5O. The number of nitrogens with one attached hydrogen (secondary N) is 1. The zero-order valence-corrected chi connectivity index (χ0v) is 17.8. The first-order valence-corrected chi connectivity index (χ1v) is 10.1. The Morgan fingerprint density at radius 2 is 1.93 bits per heavy atom. The van der Waals surface area contributed by atoms with Crippen molar-refractivity contribution in [2.45, 2.75) is 33.2 Å². The number of halogens is 1. The molecule has 0 fully saturated rings. The smallest absolute Gasteiger partial charge is 0.258 e. The summed E-state index contributed by atoms with van der Waals surface area (Å²) in [6.45, 7) is 6.65. The van der Waals surface area contributed by atoms with Gasteiger partial charge in [-0.05, 0) is 42.2 Å². The number of hydrogen-bond acceptors (Lipinski definition) is 4. The highest BCUT2D eigenvalue weighted by molar-refractivity contribution is 6.39. The van der Waals surface area contributed by atoms with Crippen molar-refractivity contribution < 1.29 is 4.79 Å². The number of anilines is 1. The molecule has 0 atom stereocenters. The molecular weight excluding hydrogens is 398 g/mol. The first-order chi connectivity index (χ1) is 14.4. The molecule has 0 aliphatic heterocycles. The summed E-state index contributed by atoms with van der Waals surface area (Å²) in [6, 6.07) is 11.7. The van der Waals surface area contributed by atoms with E-state index in [9.17, 15) is 4.79 Å². The number of pyridine rings is 2. The zero-order valence-electron chi connectivity index (χ0n) is 17.1. The summed E-state index contributed by atoms with van der Waals surface area (Å²) >= 11 is 6.62. The Morgan fingerprint density at radius 1 is 1.17 bits per heavy atom. The van der Waals surface area contributed by atoms with Crippen LogP contribution in [0, 0.1) is 6.92 Å². The summed E-state index contributed by atoms with van der Waals surface area (Å²) < 4.78 is 1.78. The Morgan fingerprint density at radius 3 is 2.60 bits per heavy atom. The van der Waals surface area contributed by atoms with Crippen molar-refractivity contribution in [3.8, 4) is 0 Å². The number of carbonyl (C=O) groups is 1. The summed E-state index contributed by atoms with van der Waals surface area (Å²) in [5.74, 6) is 0.132. The maximum atomic E-state index is 12.8. The predicted molar refractivity (Wildman–Crippen MR) is 119 cm³/mol. The number of hydrogen-bond donors (Lipinski definition) is 1. The second-order valence-corrected chi connectivity index (χ2v) is 7.90. The third kappa shape index (κ3) is 3.91. The van der Waals surface area contributed by atoms with Gasteiger partial charge in [-0.2, -0.15) is 5.10 Å². The molecule has 0 spiro atoms. The van der Waals surface area contributed by atoms with Crippen LogP contribution in [0.4, 0.5) is 5.69 Å². The third-order valence-corrected chi connectivity index (χ3v) is 5.40. The van der Waals surface area contributed by atoms with Crippen LogP contribution < -0.4 is 5.32 Å². The number of aromatic nitrogens is 4.